The van der Waals surface area contributed by atoms with Crippen molar-refractivity contribution in [1.29, 1.82) is 0 Å². The molecule has 0 aliphatic heterocycles. The molecule has 0 atom stereocenters. The molecule has 0 amide bonds. The Balaban J connectivity index is 3.32. The number of alkyl halides is 6. The van der Waals surface area contributed by atoms with Gasteiger partial charge < -0.3 is 9.94 Å². The predicted octanol–water partition coefficient (Wildman–Crippen LogP) is 5.58. The van der Waals surface area contributed by atoms with E-state index >= 15 is 0 Å². The average molecular weight is 392 g/mol. The highest BCUT2D eigenvalue weighted by Crippen LogP contribution is 2.46. The Morgan fingerprint density at radius 1 is 1.16 bits per heavy atom. The summed E-state index contributed by atoms with van der Waals surface area (Å²) >= 11 is 5.75. The van der Waals surface area contributed by atoms with Crippen LogP contribution < -0.4 is 0 Å². The van der Waals surface area contributed by atoms with Crippen molar-refractivity contribution in [3.8, 4) is 0 Å². The molecule has 1 aromatic carbocycles. The summed E-state index contributed by atoms with van der Waals surface area (Å²) in [6, 6.07) is 4.13. The van der Waals surface area contributed by atoms with Crippen molar-refractivity contribution in [1.82, 2.24) is 0 Å². The van der Waals surface area contributed by atoms with Gasteiger partial charge in [-0.1, -0.05) is 48.8 Å². The van der Waals surface area contributed by atoms with Crippen LogP contribution in [0.1, 0.15) is 43.4 Å². The van der Waals surface area contributed by atoms with Gasteiger partial charge in [-0.3, -0.25) is 0 Å². The predicted molar refractivity (Wildman–Crippen MR) is 80.0 cm³/mol. The lowest BCUT2D eigenvalue weighted by Gasteiger charge is -2.34. The number of hydrogen-bond acceptors (Lipinski definition) is 3. The molecular weight excluding hydrogens is 376 g/mol. The van der Waals surface area contributed by atoms with Crippen LogP contribution in [-0.2, 0) is 11.3 Å². The number of ether oxygens (including phenoxy) is 1. The third-order valence-corrected chi connectivity index (χ3v) is 3.96. The van der Waals surface area contributed by atoms with Gasteiger partial charge in [0.25, 0.3) is 5.60 Å². The summed E-state index contributed by atoms with van der Waals surface area (Å²) in [6.45, 7) is 2.31. The summed E-state index contributed by atoms with van der Waals surface area (Å²) in [4.78, 5) is 0. The SMILES string of the molecule is CC(C)c1c(COC(C)(C(F)(F)F)C(F)(F)F)cccc1C(Cl)=NO. The minimum atomic E-state index is -5.65. The zero-order valence-electron chi connectivity index (χ0n) is 13.5. The van der Waals surface area contributed by atoms with E-state index in [2.05, 4.69) is 9.89 Å². The lowest BCUT2D eigenvalue weighted by molar-refractivity contribution is -0.377. The topological polar surface area (TPSA) is 41.8 Å². The summed E-state index contributed by atoms with van der Waals surface area (Å²) in [5.74, 6) is -0.326. The number of rotatable bonds is 5. The summed E-state index contributed by atoms with van der Waals surface area (Å²) in [5.41, 5.74) is -3.72. The van der Waals surface area contributed by atoms with E-state index in [4.69, 9.17) is 16.8 Å². The van der Waals surface area contributed by atoms with Crippen molar-refractivity contribution in [3.05, 3.63) is 34.9 Å². The Bertz CT molecular complexity index is 626. The van der Waals surface area contributed by atoms with Gasteiger partial charge >= 0.3 is 12.4 Å². The molecule has 142 valence electrons. The number of nitrogens with zero attached hydrogens (tertiary/aromatic N) is 1. The van der Waals surface area contributed by atoms with Crippen molar-refractivity contribution >= 4 is 16.8 Å². The van der Waals surface area contributed by atoms with Crippen molar-refractivity contribution in [2.75, 3.05) is 0 Å². The number of halogens is 7. The highest BCUT2D eigenvalue weighted by molar-refractivity contribution is 6.69. The van der Waals surface area contributed by atoms with Crippen molar-refractivity contribution in [2.45, 2.75) is 51.2 Å². The average Bonchev–Trinajstić information content (AvgIpc) is 2.48. The van der Waals surface area contributed by atoms with Gasteiger partial charge in [-0.25, -0.2) is 0 Å². The molecule has 0 saturated heterocycles. The van der Waals surface area contributed by atoms with Gasteiger partial charge in [0.2, 0.25) is 0 Å². The molecule has 10 heteroatoms. The third kappa shape index (κ3) is 4.38. The Labute approximate surface area is 145 Å². The first kappa shape index (κ1) is 21.6. The van der Waals surface area contributed by atoms with Crippen LogP contribution in [0.5, 0.6) is 0 Å². The van der Waals surface area contributed by atoms with E-state index in [1.54, 1.807) is 13.8 Å². The second-order valence-electron chi connectivity index (χ2n) is 5.74. The molecule has 0 aliphatic rings. The van der Waals surface area contributed by atoms with E-state index in [1.807, 2.05) is 0 Å². The van der Waals surface area contributed by atoms with Gasteiger partial charge in [0.15, 0.2) is 5.17 Å². The highest BCUT2D eigenvalue weighted by atomic mass is 35.5. The van der Waals surface area contributed by atoms with E-state index in [1.165, 1.54) is 18.2 Å². The minimum absolute atomic E-state index is 0.0614. The van der Waals surface area contributed by atoms with E-state index in [0.717, 1.165) is 0 Å². The van der Waals surface area contributed by atoms with Crippen LogP contribution in [0, 0.1) is 0 Å². The molecule has 0 saturated carbocycles. The van der Waals surface area contributed by atoms with Gasteiger partial charge in [-0.15, -0.1) is 0 Å². The molecule has 25 heavy (non-hydrogen) atoms. The number of oxime groups is 1. The van der Waals surface area contributed by atoms with Gasteiger partial charge in [0.1, 0.15) is 0 Å². The normalized spacial score (nSPS) is 14.3. The summed E-state index contributed by atoms with van der Waals surface area (Å²) in [5, 5.41) is 11.3. The second kappa shape index (κ2) is 7.41. The zero-order valence-corrected chi connectivity index (χ0v) is 14.2. The second-order valence-corrected chi connectivity index (χ2v) is 6.10. The molecule has 1 rings (SSSR count). The third-order valence-electron chi connectivity index (χ3n) is 3.68. The van der Waals surface area contributed by atoms with E-state index in [0.29, 0.717) is 5.56 Å². The smallest absolute Gasteiger partial charge is 0.410 e. The molecule has 0 unspecified atom stereocenters. The first-order valence-electron chi connectivity index (χ1n) is 7.03. The maximum atomic E-state index is 12.9. The van der Waals surface area contributed by atoms with Crippen LogP contribution in [0.25, 0.3) is 0 Å². The quantitative estimate of drug-likeness (QED) is 0.308. The van der Waals surface area contributed by atoms with E-state index < -0.39 is 24.6 Å². The molecule has 1 aromatic rings. The largest absolute Gasteiger partial charge is 0.426 e. The molecule has 0 heterocycles. The molecular formula is C15H16ClF6NO2. The Hall–Kier alpha value is -1.48. The van der Waals surface area contributed by atoms with Gasteiger partial charge in [-0.2, -0.15) is 26.3 Å². The maximum Gasteiger partial charge on any atom is 0.426 e. The Kier molecular flexibility index (Phi) is 6.39. The lowest BCUT2D eigenvalue weighted by atomic mass is 9.92. The number of benzene rings is 1. The summed E-state index contributed by atoms with van der Waals surface area (Å²) < 4.78 is 81.7. The first-order chi connectivity index (χ1) is 11.3. The fourth-order valence-electron chi connectivity index (χ4n) is 2.20. The standard InChI is InChI=1S/C15H16ClF6NO2/c1-8(2)11-9(5-4-6-10(11)12(16)23-24)7-25-13(3,14(17,18)19)15(20,21)22/h4-6,8,24H,7H2,1-3H3. The van der Waals surface area contributed by atoms with Crippen molar-refractivity contribution in [2.24, 2.45) is 5.16 Å². The van der Waals surface area contributed by atoms with Gasteiger partial charge in [-0.05, 0) is 24.0 Å². The van der Waals surface area contributed by atoms with Crippen molar-refractivity contribution < 1.29 is 36.3 Å². The fraction of sp³-hybridized carbons (Fsp3) is 0.533. The van der Waals surface area contributed by atoms with Gasteiger partial charge in [0.05, 0.1) is 6.61 Å². The number of hydrogen-bond donors (Lipinski definition) is 1. The molecule has 0 radical (unpaired) electrons. The molecule has 0 bridgehead atoms. The molecule has 0 aliphatic carbocycles. The molecule has 0 fully saturated rings. The molecule has 1 N–H and O–H groups in total. The minimum Gasteiger partial charge on any atom is -0.410 e. The zero-order chi connectivity index (χ0) is 19.6. The van der Waals surface area contributed by atoms with E-state index in [9.17, 15) is 26.3 Å². The van der Waals surface area contributed by atoms with Crippen LogP contribution >= 0.6 is 11.6 Å². The first-order valence-corrected chi connectivity index (χ1v) is 7.41. The summed E-state index contributed by atoms with van der Waals surface area (Å²) in [7, 11) is 0. The summed E-state index contributed by atoms with van der Waals surface area (Å²) in [6.07, 6.45) is -11.3. The van der Waals surface area contributed by atoms with Crippen LogP contribution in [0.2, 0.25) is 0 Å². The Morgan fingerprint density at radius 2 is 1.68 bits per heavy atom. The highest BCUT2D eigenvalue weighted by Gasteiger charge is 2.69. The fourth-order valence-corrected chi connectivity index (χ4v) is 2.37. The van der Waals surface area contributed by atoms with Crippen LogP contribution in [0.4, 0.5) is 26.3 Å². The molecule has 0 aromatic heterocycles. The van der Waals surface area contributed by atoms with Crippen LogP contribution in [0.3, 0.4) is 0 Å². The van der Waals surface area contributed by atoms with Gasteiger partial charge in [0, 0.05) is 5.56 Å². The van der Waals surface area contributed by atoms with Crippen LogP contribution in [-0.4, -0.2) is 28.3 Å². The Morgan fingerprint density at radius 3 is 2.08 bits per heavy atom. The molecule has 3 nitrogen and oxygen atoms in total. The van der Waals surface area contributed by atoms with E-state index in [-0.39, 0.29) is 29.1 Å². The lowest BCUT2D eigenvalue weighted by Crippen LogP contribution is -2.56. The molecule has 0 spiro atoms. The maximum absolute atomic E-state index is 12.9. The monoisotopic (exact) mass is 391 g/mol. The van der Waals surface area contributed by atoms with Crippen LogP contribution in [0.15, 0.2) is 23.4 Å². The van der Waals surface area contributed by atoms with Crippen molar-refractivity contribution in [3.63, 3.8) is 0 Å².